The second-order valence-corrected chi connectivity index (χ2v) is 9.62. The fourth-order valence-corrected chi connectivity index (χ4v) is 5.49. The Morgan fingerprint density at radius 2 is 1.78 bits per heavy atom. The van der Waals surface area contributed by atoms with Crippen molar-refractivity contribution in [2.45, 2.75) is 57.0 Å². The van der Waals surface area contributed by atoms with Crippen LogP contribution in [0, 0.1) is 5.92 Å². The highest BCUT2D eigenvalue weighted by atomic mass is 16.5. The summed E-state index contributed by atoms with van der Waals surface area (Å²) in [6.07, 6.45) is 8.24. The van der Waals surface area contributed by atoms with Crippen molar-refractivity contribution in [3.63, 3.8) is 0 Å². The Morgan fingerprint density at radius 3 is 2.56 bits per heavy atom. The van der Waals surface area contributed by atoms with Crippen molar-refractivity contribution in [1.82, 2.24) is 4.90 Å². The van der Waals surface area contributed by atoms with E-state index in [2.05, 4.69) is 36.2 Å². The molecule has 1 saturated carbocycles. The Morgan fingerprint density at radius 1 is 0.969 bits per heavy atom. The molecule has 0 radical (unpaired) electrons. The van der Waals surface area contributed by atoms with Gasteiger partial charge in [0.15, 0.2) is 5.43 Å². The second-order valence-electron chi connectivity index (χ2n) is 9.62. The lowest BCUT2D eigenvalue weighted by Crippen LogP contribution is -2.36. The maximum atomic E-state index is 13.0. The number of hydrogen-bond acceptors (Lipinski definition) is 4. The molecule has 2 unspecified atom stereocenters. The van der Waals surface area contributed by atoms with Gasteiger partial charge in [0.05, 0.1) is 5.39 Å². The zero-order valence-electron chi connectivity index (χ0n) is 19.0. The molecule has 0 amide bonds. The van der Waals surface area contributed by atoms with Crippen LogP contribution in [0.3, 0.4) is 0 Å². The highest BCUT2D eigenvalue weighted by Gasteiger charge is 2.29. The highest BCUT2D eigenvalue weighted by Crippen LogP contribution is 2.36. The zero-order chi connectivity index (χ0) is 21.9. The molecule has 4 heteroatoms. The van der Waals surface area contributed by atoms with E-state index in [-0.39, 0.29) is 11.5 Å². The van der Waals surface area contributed by atoms with Crippen LogP contribution in [-0.2, 0) is 0 Å². The van der Waals surface area contributed by atoms with E-state index in [0.29, 0.717) is 22.8 Å². The SMILES string of the molecule is CN1CCCC(C(Oc2ccc3oc(C4CCCCC4)cc(=O)c3c2)c2ccccc2)C1. The van der Waals surface area contributed by atoms with Gasteiger partial charge in [-0.25, -0.2) is 0 Å². The number of piperidine rings is 1. The number of hydrogen-bond donors (Lipinski definition) is 0. The van der Waals surface area contributed by atoms with Gasteiger partial charge in [-0.2, -0.15) is 0 Å². The fraction of sp³-hybridized carbons (Fsp3) is 0.464. The molecule has 5 rings (SSSR count). The summed E-state index contributed by atoms with van der Waals surface area (Å²) in [6, 6.07) is 17.9. The molecule has 0 N–H and O–H groups in total. The molecule has 2 aromatic carbocycles. The summed E-state index contributed by atoms with van der Waals surface area (Å²) >= 11 is 0. The molecule has 3 aromatic rings. The molecule has 1 saturated heterocycles. The maximum absolute atomic E-state index is 13.0. The van der Waals surface area contributed by atoms with Gasteiger partial charge in [-0.1, -0.05) is 49.6 Å². The van der Waals surface area contributed by atoms with Crippen LogP contribution < -0.4 is 10.2 Å². The van der Waals surface area contributed by atoms with E-state index in [1.54, 1.807) is 6.07 Å². The topological polar surface area (TPSA) is 42.7 Å². The van der Waals surface area contributed by atoms with Crippen LogP contribution >= 0.6 is 0 Å². The van der Waals surface area contributed by atoms with E-state index in [1.807, 2.05) is 24.3 Å². The minimum atomic E-state index is -0.0371. The molecule has 4 nitrogen and oxygen atoms in total. The Labute approximate surface area is 190 Å². The summed E-state index contributed by atoms with van der Waals surface area (Å²) < 4.78 is 12.8. The normalized spacial score (nSPS) is 21.5. The first kappa shape index (κ1) is 21.3. The van der Waals surface area contributed by atoms with Crippen LogP contribution in [0.5, 0.6) is 5.75 Å². The van der Waals surface area contributed by atoms with Crippen molar-refractivity contribution in [2.24, 2.45) is 5.92 Å². The van der Waals surface area contributed by atoms with Gasteiger partial charge in [0.2, 0.25) is 0 Å². The molecule has 0 spiro atoms. The lowest BCUT2D eigenvalue weighted by atomic mass is 9.87. The first-order valence-electron chi connectivity index (χ1n) is 12.2. The Bertz CT molecular complexity index is 1100. The van der Waals surface area contributed by atoms with Crippen molar-refractivity contribution in [3.05, 3.63) is 76.1 Å². The minimum absolute atomic E-state index is 0.0333. The summed E-state index contributed by atoms with van der Waals surface area (Å²) in [5.41, 5.74) is 1.89. The van der Waals surface area contributed by atoms with Crippen LogP contribution in [0.15, 0.2) is 63.8 Å². The van der Waals surface area contributed by atoms with Crippen molar-refractivity contribution < 1.29 is 9.15 Å². The predicted octanol–water partition coefficient (Wildman–Crippen LogP) is 6.30. The number of rotatable bonds is 5. The average molecular weight is 432 g/mol. The lowest BCUT2D eigenvalue weighted by molar-refractivity contribution is 0.0777. The molecular formula is C28H33NO3. The summed E-state index contributed by atoms with van der Waals surface area (Å²) in [4.78, 5) is 15.4. The molecular weight excluding hydrogens is 398 g/mol. The van der Waals surface area contributed by atoms with Crippen molar-refractivity contribution in [2.75, 3.05) is 20.1 Å². The van der Waals surface area contributed by atoms with Gasteiger partial charge in [0.1, 0.15) is 23.2 Å². The molecule has 168 valence electrons. The number of nitrogens with zero attached hydrogens (tertiary/aromatic N) is 1. The molecule has 1 aromatic heterocycles. The first-order chi connectivity index (χ1) is 15.7. The van der Waals surface area contributed by atoms with Crippen molar-refractivity contribution >= 4 is 11.0 Å². The van der Waals surface area contributed by atoms with Crippen LogP contribution in [0.4, 0.5) is 0 Å². The average Bonchev–Trinajstić information content (AvgIpc) is 2.84. The smallest absolute Gasteiger partial charge is 0.193 e. The summed E-state index contributed by atoms with van der Waals surface area (Å²) in [5.74, 6) is 2.38. The van der Waals surface area contributed by atoms with Gasteiger partial charge < -0.3 is 14.1 Å². The lowest BCUT2D eigenvalue weighted by Gasteiger charge is -2.35. The van der Waals surface area contributed by atoms with Crippen molar-refractivity contribution in [1.29, 1.82) is 0 Å². The Balaban J connectivity index is 1.44. The second kappa shape index (κ2) is 9.50. The number of ether oxygens (including phenoxy) is 1. The molecule has 0 bridgehead atoms. The molecule has 2 fully saturated rings. The predicted molar refractivity (Wildman–Crippen MR) is 128 cm³/mol. The molecule has 2 aliphatic rings. The van der Waals surface area contributed by atoms with Crippen LogP contribution in [0.2, 0.25) is 0 Å². The van der Waals surface area contributed by atoms with Crippen molar-refractivity contribution in [3.8, 4) is 5.75 Å². The van der Waals surface area contributed by atoms with E-state index >= 15 is 0 Å². The third-order valence-electron chi connectivity index (χ3n) is 7.21. The number of likely N-dealkylation sites (tertiary alicyclic amines) is 1. The molecule has 2 atom stereocenters. The Kier molecular flexibility index (Phi) is 6.31. The zero-order valence-corrected chi connectivity index (χ0v) is 19.0. The number of fused-ring (bicyclic) bond motifs is 1. The van der Waals surface area contributed by atoms with E-state index in [4.69, 9.17) is 9.15 Å². The summed E-state index contributed by atoms with van der Waals surface area (Å²) in [6.45, 7) is 2.15. The Hall–Kier alpha value is -2.59. The quantitative estimate of drug-likeness (QED) is 0.475. The first-order valence-corrected chi connectivity index (χ1v) is 12.2. The summed E-state index contributed by atoms with van der Waals surface area (Å²) in [5, 5.41) is 0.606. The van der Waals surface area contributed by atoms with Crippen LogP contribution in [0.25, 0.3) is 11.0 Å². The highest BCUT2D eigenvalue weighted by molar-refractivity contribution is 5.78. The molecule has 1 aliphatic carbocycles. The largest absolute Gasteiger partial charge is 0.485 e. The monoisotopic (exact) mass is 431 g/mol. The van der Waals surface area contributed by atoms with E-state index in [0.717, 1.165) is 43.9 Å². The third kappa shape index (κ3) is 4.61. The fourth-order valence-electron chi connectivity index (χ4n) is 5.49. The van der Waals surface area contributed by atoms with Gasteiger partial charge in [0.25, 0.3) is 0 Å². The van der Waals surface area contributed by atoms with E-state index < -0.39 is 0 Å². The standard InChI is InChI=1S/C28H33NO3/c1-29-16-8-13-22(19-29)28(21-11-6-3-7-12-21)31-23-14-15-26-24(17-23)25(30)18-27(32-26)20-9-4-2-5-10-20/h3,6-7,11-12,14-15,17-18,20,22,28H,2,4-5,8-10,13,16,19H2,1H3. The molecule has 32 heavy (non-hydrogen) atoms. The third-order valence-corrected chi connectivity index (χ3v) is 7.21. The molecule has 1 aliphatic heterocycles. The van der Waals surface area contributed by atoms with Crippen LogP contribution in [-0.4, -0.2) is 25.0 Å². The summed E-state index contributed by atoms with van der Waals surface area (Å²) in [7, 11) is 2.18. The maximum Gasteiger partial charge on any atom is 0.193 e. The van der Waals surface area contributed by atoms with Crippen LogP contribution in [0.1, 0.15) is 68.3 Å². The minimum Gasteiger partial charge on any atom is -0.485 e. The van der Waals surface area contributed by atoms with Gasteiger partial charge in [0, 0.05) is 24.4 Å². The van der Waals surface area contributed by atoms with Gasteiger partial charge >= 0.3 is 0 Å². The van der Waals surface area contributed by atoms with Gasteiger partial charge in [-0.15, -0.1) is 0 Å². The molecule has 2 heterocycles. The van der Waals surface area contributed by atoms with E-state index in [1.165, 1.54) is 31.2 Å². The van der Waals surface area contributed by atoms with Gasteiger partial charge in [-0.05, 0) is 63.0 Å². The number of benzene rings is 2. The van der Waals surface area contributed by atoms with Gasteiger partial charge in [-0.3, -0.25) is 4.79 Å². The van der Waals surface area contributed by atoms with E-state index in [9.17, 15) is 4.79 Å².